The van der Waals surface area contributed by atoms with E-state index in [9.17, 15) is 0 Å². The molecule has 0 spiro atoms. The van der Waals surface area contributed by atoms with Crippen LogP contribution in [0.1, 0.15) is 45.2 Å². The highest BCUT2D eigenvalue weighted by Gasteiger charge is 2.29. The van der Waals surface area contributed by atoms with Crippen molar-refractivity contribution in [1.29, 1.82) is 0 Å². The number of hydrogen-bond acceptors (Lipinski definition) is 4. The molecule has 1 aromatic heterocycles. The molecule has 0 bridgehead atoms. The van der Waals surface area contributed by atoms with Gasteiger partial charge in [-0.2, -0.15) is 4.37 Å². The molecule has 3 atom stereocenters. The summed E-state index contributed by atoms with van der Waals surface area (Å²) < 4.78 is 4.41. The zero-order valence-electron chi connectivity index (χ0n) is 13.2. The van der Waals surface area contributed by atoms with Crippen molar-refractivity contribution in [3.05, 3.63) is 29.1 Å². The monoisotopic (exact) mass is 303 g/mol. The Hall–Kier alpha value is -0.970. The third-order valence-electron chi connectivity index (χ3n) is 4.87. The fourth-order valence-corrected chi connectivity index (χ4v) is 3.99. The second kappa shape index (κ2) is 6.42. The summed E-state index contributed by atoms with van der Waals surface area (Å²) in [5.41, 5.74) is 2.53. The van der Waals surface area contributed by atoms with Crippen LogP contribution in [0.3, 0.4) is 0 Å². The molecule has 4 heteroatoms. The summed E-state index contributed by atoms with van der Waals surface area (Å²) in [7, 11) is 0. The zero-order chi connectivity index (χ0) is 14.8. The van der Waals surface area contributed by atoms with E-state index in [-0.39, 0.29) is 0 Å². The van der Waals surface area contributed by atoms with E-state index in [2.05, 4.69) is 58.9 Å². The zero-order valence-corrected chi connectivity index (χ0v) is 14.0. The van der Waals surface area contributed by atoms with Crippen LogP contribution in [0, 0.1) is 0 Å². The van der Waals surface area contributed by atoms with Crippen molar-refractivity contribution in [3.8, 4) is 0 Å². The summed E-state index contributed by atoms with van der Waals surface area (Å²) >= 11 is 1.54. The molecule has 114 valence electrons. The highest BCUT2D eigenvalue weighted by atomic mass is 32.1. The molecule has 1 N–H and O–H groups in total. The van der Waals surface area contributed by atoms with Gasteiger partial charge in [-0.05, 0) is 49.0 Å². The first kappa shape index (κ1) is 14.9. The fraction of sp³-hybridized carbons (Fsp3) is 0.588. The van der Waals surface area contributed by atoms with Gasteiger partial charge in [0.1, 0.15) is 0 Å². The number of fused-ring (bicyclic) bond motifs is 1. The van der Waals surface area contributed by atoms with E-state index in [1.807, 2.05) is 0 Å². The molecule has 0 radical (unpaired) electrons. The van der Waals surface area contributed by atoms with Gasteiger partial charge in [-0.15, -0.1) is 0 Å². The number of hydrogen-bond donors (Lipinski definition) is 1. The smallest absolute Gasteiger partial charge is 0.0840 e. The minimum Gasteiger partial charge on any atom is -0.311 e. The maximum absolute atomic E-state index is 4.41. The van der Waals surface area contributed by atoms with Crippen LogP contribution >= 0.6 is 11.5 Å². The third kappa shape index (κ3) is 2.98. The van der Waals surface area contributed by atoms with Crippen LogP contribution in [-0.4, -0.2) is 34.4 Å². The van der Waals surface area contributed by atoms with Crippen LogP contribution in [0.5, 0.6) is 0 Å². The highest BCUT2D eigenvalue weighted by molar-refractivity contribution is 7.04. The summed E-state index contributed by atoms with van der Waals surface area (Å²) in [6.07, 6.45) is 2.41. The van der Waals surface area contributed by atoms with Crippen LogP contribution in [0.25, 0.3) is 10.9 Å². The molecule has 2 heterocycles. The lowest BCUT2D eigenvalue weighted by atomic mass is 9.98. The molecule has 1 aromatic carbocycles. The normalized spacial score (nSPS) is 25.3. The lowest BCUT2D eigenvalue weighted by molar-refractivity contribution is 0.0851. The van der Waals surface area contributed by atoms with Gasteiger partial charge in [0.05, 0.1) is 5.52 Å². The van der Waals surface area contributed by atoms with E-state index in [0.29, 0.717) is 18.1 Å². The van der Waals surface area contributed by atoms with Gasteiger partial charge < -0.3 is 5.32 Å². The standard InChI is InChI=1S/C17H25N3S/c1-4-15-10-20(16(5-2)9-18-15)12(3)13-6-7-17-14(8-13)11-21-19-17/h6-8,11-12,15-16,18H,4-5,9-10H2,1-3H3/t12?,15-,16+/m0/s1. The number of piperazine rings is 1. The second-order valence-corrected chi connectivity index (χ2v) is 6.71. The van der Waals surface area contributed by atoms with E-state index in [1.165, 1.54) is 23.8 Å². The first-order chi connectivity index (χ1) is 10.2. The number of rotatable bonds is 4. The summed E-state index contributed by atoms with van der Waals surface area (Å²) in [5.74, 6) is 0. The number of aromatic nitrogens is 1. The van der Waals surface area contributed by atoms with Gasteiger partial charge in [0.2, 0.25) is 0 Å². The minimum atomic E-state index is 0.468. The van der Waals surface area contributed by atoms with E-state index in [4.69, 9.17) is 0 Å². The number of nitrogens with one attached hydrogen (secondary N) is 1. The second-order valence-electron chi connectivity index (χ2n) is 6.08. The molecule has 21 heavy (non-hydrogen) atoms. The molecule has 1 unspecified atom stereocenters. The predicted octanol–water partition coefficient (Wildman–Crippen LogP) is 3.82. The average molecular weight is 303 g/mol. The number of nitrogens with zero attached hydrogens (tertiary/aromatic N) is 2. The fourth-order valence-electron chi connectivity index (χ4n) is 3.36. The third-order valence-corrected chi connectivity index (χ3v) is 5.53. The molecule has 3 nitrogen and oxygen atoms in total. The molecule has 0 amide bonds. The molecule has 0 saturated carbocycles. The van der Waals surface area contributed by atoms with Gasteiger partial charge >= 0.3 is 0 Å². The Kier molecular flexibility index (Phi) is 4.57. The Morgan fingerprint density at radius 1 is 1.38 bits per heavy atom. The number of benzene rings is 1. The van der Waals surface area contributed by atoms with Gasteiger partial charge in [-0.25, -0.2) is 0 Å². The first-order valence-electron chi connectivity index (χ1n) is 8.06. The maximum atomic E-state index is 4.41. The summed E-state index contributed by atoms with van der Waals surface area (Å²) in [5, 5.41) is 7.11. The quantitative estimate of drug-likeness (QED) is 0.930. The van der Waals surface area contributed by atoms with E-state index in [0.717, 1.165) is 18.6 Å². The molecular weight excluding hydrogens is 278 g/mol. The summed E-state index contributed by atoms with van der Waals surface area (Å²) in [6, 6.07) is 8.47. The first-order valence-corrected chi connectivity index (χ1v) is 8.89. The predicted molar refractivity (Wildman–Crippen MR) is 90.9 cm³/mol. The lowest BCUT2D eigenvalue weighted by Crippen LogP contribution is -2.56. The molecule has 2 aromatic rings. The van der Waals surface area contributed by atoms with Gasteiger partial charge in [-0.1, -0.05) is 19.9 Å². The van der Waals surface area contributed by atoms with E-state index in [1.54, 1.807) is 11.5 Å². The maximum Gasteiger partial charge on any atom is 0.0840 e. The minimum absolute atomic E-state index is 0.468. The van der Waals surface area contributed by atoms with Crippen LogP contribution in [0.15, 0.2) is 23.6 Å². The van der Waals surface area contributed by atoms with Crippen molar-refractivity contribution in [2.24, 2.45) is 0 Å². The van der Waals surface area contributed by atoms with Crippen molar-refractivity contribution in [1.82, 2.24) is 14.6 Å². The molecule has 1 aliphatic rings. The van der Waals surface area contributed by atoms with Crippen LogP contribution in [-0.2, 0) is 0 Å². The van der Waals surface area contributed by atoms with Gasteiger partial charge in [0.25, 0.3) is 0 Å². The van der Waals surface area contributed by atoms with Crippen LogP contribution in [0.2, 0.25) is 0 Å². The lowest BCUT2D eigenvalue weighted by Gasteiger charge is -2.43. The highest BCUT2D eigenvalue weighted by Crippen LogP contribution is 2.28. The van der Waals surface area contributed by atoms with E-state index >= 15 is 0 Å². The summed E-state index contributed by atoms with van der Waals surface area (Å²) in [4.78, 5) is 2.69. The molecular formula is C17H25N3S. The van der Waals surface area contributed by atoms with Crippen molar-refractivity contribution >= 4 is 22.4 Å². The van der Waals surface area contributed by atoms with Crippen LogP contribution < -0.4 is 5.32 Å². The van der Waals surface area contributed by atoms with Crippen molar-refractivity contribution in [2.75, 3.05) is 13.1 Å². The van der Waals surface area contributed by atoms with Crippen molar-refractivity contribution in [3.63, 3.8) is 0 Å². The van der Waals surface area contributed by atoms with Gasteiger partial charge in [0.15, 0.2) is 0 Å². The van der Waals surface area contributed by atoms with Crippen molar-refractivity contribution < 1.29 is 0 Å². The Bertz CT molecular complexity index is 594. The Morgan fingerprint density at radius 3 is 3.00 bits per heavy atom. The average Bonchev–Trinajstić information content (AvgIpc) is 3.01. The Labute approximate surface area is 131 Å². The Morgan fingerprint density at radius 2 is 2.24 bits per heavy atom. The SMILES string of the molecule is CC[C@H]1CN(C(C)c2ccc3nscc3c2)[C@H](CC)CN1. The van der Waals surface area contributed by atoms with Gasteiger partial charge in [-0.3, -0.25) is 4.90 Å². The van der Waals surface area contributed by atoms with E-state index < -0.39 is 0 Å². The van der Waals surface area contributed by atoms with Crippen molar-refractivity contribution in [2.45, 2.75) is 51.7 Å². The molecule has 3 rings (SSSR count). The molecule has 0 aliphatic carbocycles. The molecule has 1 aliphatic heterocycles. The Balaban J connectivity index is 1.85. The van der Waals surface area contributed by atoms with Crippen LogP contribution in [0.4, 0.5) is 0 Å². The molecule has 1 fully saturated rings. The largest absolute Gasteiger partial charge is 0.311 e. The van der Waals surface area contributed by atoms with Gasteiger partial charge in [0, 0.05) is 42.0 Å². The molecule has 1 saturated heterocycles. The topological polar surface area (TPSA) is 28.2 Å². The summed E-state index contributed by atoms with van der Waals surface area (Å²) in [6.45, 7) is 9.18.